The lowest BCUT2D eigenvalue weighted by molar-refractivity contribution is -0.136. The zero-order valence-corrected chi connectivity index (χ0v) is 22.3. The van der Waals surface area contributed by atoms with Crippen LogP contribution in [-0.2, 0) is 12.7 Å². The maximum absolute atomic E-state index is 14.2. The molecule has 4 atom stereocenters. The lowest BCUT2D eigenvalue weighted by atomic mass is 9.57. The minimum Gasteiger partial charge on any atom is -0.299 e. The summed E-state index contributed by atoms with van der Waals surface area (Å²) in [6, 6.07) is 1.21. The molecule has 10 heteroatoms. The maximum Gasteiger partial charge on any atom is 0.418 e. The van der Waals surface area contributed by atoms with Gasteiger partial charge < -0.3 is 0 Å². The van der Waals surface area contributed by atoms with Crippen molar-refractivity contribution < 1.29 is 13.2 Å². The van der Waals surface area contributed by atoms with Gasteiger partial charge in [0.25, 0.3) is 0 Å². The summed E-state index contributed by atoms with van der Waals surface area (Å²) < 4.78 is 45.5. The number of hydrazine groups is 1. The van der Waals surface area contributed by atoms with E-state index >= 15 is 0 Å². The van der Waals surface area contributed by atoms with E-state index in [2.05, 4.69) is 22.7 Å². The number of likely N-dealkylation sites (tertiary alicyclic amines) is 1. The Morgan fingerprint density at radius 1 is 1.14 bits per heavy atom. The van der Waals surface area contributed by atoms with Crippen LogP contribution in [0, 0.1) is 17.3 Å². The monoisotopic (exact) mass is 537 g/mol. The van der Waals surface area contributed by atoms with Crippen LogP contribution in [0.4, 0.5) is 13.2 Å². The smallest absolute Gasteiger partial charge is 0.299 e. The molecule has 2 saturated carbocycles. The Balaban J connectivity index is 1.32. The van der Waals surface area contributed by atoms with Gasteiger partial charge in [0.1, 0.15) is 0 Å². The summed E-state index contributed by atoms with van der Waals surface area (Å²) in [5.41, 5.74) is 6.43. The third-order valence-electron chi connectivity index (χ3n) is 9.52. The number of fused-ring (bicyclic) bond motifs is 1. The average molecular weight is 538 g/mol. The van der Waals surface area contributed by atoms with Gasteiger partial charge in [-0.25, -0.2) is 15.6 Å². The molecule has 6 nitrogen and oxygen atoms in total. The molecule has 2 aromatic heterocycles. The van der Waals surface area contributed by atoms with Crippen LogP contribution in [0.1, 0.15) is 81.9 Å². The lowest BCUT2D eigenvalue weighted by Crippen LogP contribution is -2.53. The Hall–Kier alpha value is -1.49. The molecule has 2 N–H and O–H groups in total. The molecular weight excluding hydrogens is 499 g/mol. The van der Waals surface area contributed by atoms with Crippen LogP contribution in [-0.4, -0.2) is 38.2 Å². The molecule has 4 aliphatic rings. The van der Waals surface area contributed by atoms with Gasteiger partial charge in [-0.15, -0.1) is 11.8 Å². The van der Waals surface area contributed by atoms with Gasteiger partial charge in [-0.1, -0.05) is 19.8 Å². The number of imidazole rings is 1. The number of nitrogens with one attached hydrogen (secondary N) is 2. The number of halogens is 3. The van der Waals surface area contributed by atoms with Gasteiger partial charge in [0.2, 0.25) is 0 Å². The first-order chi connectivity index (χ1) is 17.7. The van der Waals surface area contributed by atoms with Crippen LogP contribution < -0.4 is 16.5 Å². The zero-order valence-electron chi connectivity index (χ0n) is 21.5. The number of thioether (sulfide) groups is 1. The molecule has 204 valence electrons. The van der Waals surface area contributed by atoms with Crippen molar-refractivity contribution in [2.24, 2.45) is 17.3 Å². The Morgan fingerprint density at radius 2 is 1.97 bits per heavy atom. The van der Waals surface area contributed by atoms with Gasteiger partial charge in [-0.3, -0.25) is 13.9 Å². The fourth-order valence-corrected chi connectivity index (χ4v) is 8.81. The molecule has 3 unspecified atom stereocenters. The predicted octanol–water partition coefficient (Wildman–Crippen LogP) is 5.38. The van der Waals surface area contributed by atoms with E-state index in [9.17, 15) is 18.0 Å². The number of nitrogens with zero attached hydrogens (tertiary/aromatic N) is 3. The molecule has 0 amide bonds. The number of hydrogen-bond donors (Lipinski definition) is 2. The quantitative estimate of drug-likeness (QED) is 0.537. The van der Waals surface area contributed by atoms with Crippen molar-refractivity contribution in [2.45, 2.75) is 88.8 Å². The molecule has 2 aliphatic carbocycles. The fraction of sp³-hybridized carbons (Fsp3) is 0.741. The number of aromatic nitrogens is 2. The van der Waals surface area contributed by atoms with E-state index in [0.29, 0.717) is 29.3 Å². The molecule has 2 saturated heterocycles. The molecule has 4 heterocycles. The zero-order chi connectivity index (χ0) is 25.8. The molecule has 6 rings (SSSR count). The highest BCUT2D eigenvalue weighted by Crippen LogP contribution is 2.58. The van der Waals surface area contributed by atoms with Crippen LogP contribution in [0.2, 0.25) is 0 Å². The van der Waals surface area contributed by atoms with Crippen LogP contribution in [0.15, 0.2) is 23.3 Å². The number of pyridine rings is 1. The topological polar surface area (TPSA) is 53.7 Å². The van der Waals surface area contributed by atoms with Crippen LogP contribution in [0.3, 0.4) is 0 Å². The average Bonchev–Trinajstić information content (AvgIpc) is 3.47. The number of hydrogen-bond acceptors (Lipinski definition) is 5. The lowest BCUT2D eigenvalue weighted by Gasteiger charge is -2.53. The molecule has 4 fully saturated rings. The summed E-state index contributed by atoms with van der Waals surface area (Å²) >= 11 is 1.92. The minimum absolute atomic E-state index is 0.0223. The molecule has 0 aromatic carbocycles. The Labute approximate surface area is 220 Å². The van der Waals surface area contributed by atoms with E-state index in [0.717, 1.165) is 57.5 Å². The van der Waals surface area contributed by atoms with E-state index in [1.54, 1.807) is 10.8 Å². The Bertz CT molecular complexity index is 1180. The van der Waals surface area contributed by atoms with Gasteiger partial charge in [-0.05, 0) is 80.4 Å². The third kappa shape index (κ3) is 4.76. The number of alkyl halides is 3. The highest BCUT2D eigenvalue weighted by molar-refractivity contribution is 8.00. The van der Waals surface area contributed by atoms with Crippen LogP contribution in [0.25, 0.3) is 5.52 Å². The first-order valence-electron chi connectivity index (χ1n) is 13.9. The first kappa shape index (κ1) is 25.8. The summed E-state index contributed by atoms with van der Waals surface area (Å²) in [5, 5.41) is 0.367. The summed E-state index contributed by atoms with van der Waals surface area (Å²) in [5.74, 6) is 1.90. The van der Waals surface area contributed by atoms with Crippen molar-refractivity contribution >= 4 is 17.3 Å². The molecule has 37 heavy (non-hydrogen) atoms. The second kappa shape index (κ2) is 9.92. The van der Waals surface area contributed by atoms with E-state index in [1.165, 1.54) is 35.9 Å². The van der Waals surface area contributed by atoms with Crippen molar-refractivity contribution in [1.29, 1.82) is 0 Å². The van der Waals surface area contributed by atoms with Gasteiger partial charge in [-0.2, -0.15) is 13.2 Å². The van der Waals surface area contributed by atoms with E-state index in [-0.39, 0.29) is 22.7 Å². The van der Waals surface area contributed by atoms with Crippen LogP contribution >= 0.6 is 11.8 Å². The van der Waals surface area contributed by atoms with E-state index in [1.807, 2.05) is 11.8 Å². The number of piperidine rings is 1. The molecule has 2 aliphatic heterocycles. The second-order valence-corrected chi connectivity index (χ2v) is 13.0. The molecule has 0 bridgehead atoms. The molecular formula is C27H38F3N5OS. The molecule has 2 aromatic rings. The molecule has 0 radical (unpaired) electrons. The summed E-state index contributed by atoms with van der Waals surface area (Å²) in [6.07, 6.45) is 8.26. The predicted molar refractivity (Wildman–Crippen MR) is 140 cm³/mol. The summed E-state index contributed by atoms with van der Waals surface area (Å²) in [6.45, 7) is 4.39. The van der Waals surface area contributed by atoms with Crippen LogP contribution in [0.5, 0.6) is 0 Å². The summed E-state index contributed by atoms with van der Waals surface area (Å²) in [7, 11) is 0. The largest absolute Gasteiger partial charge is 0.418 e. The van der Waals surface area contributed by atoms with E-state index in [4.69, 9.17) is 0 Å². The SMILES string of the molecule is C[C@H]1CCCN(Cc2cc(C(F)(F)F)c3cn(C4CCCC(C5(C6NNCS6)CCC5)C4)c(=O)n3c2)C1. The van der Waals surface area contributed by atoms with Gasteiger partial charge >= 0.3 is 11.9 Å². The van der Waals surface area contributed by atoms with E-state index < -0.39 is 11.7 Å². The standard InChI is InChI=1S/C27H38F3N5OS/c1-18-5-3-10-33(13-18)14-19-11-22(27(28,29)30)23-16-34(25(36)35(23)15-19)21-7-2-6-20(12-21)26(8-4-9-26)24-32-31-17-37-24/h11,15-16,18,20-21,24,31-32H,2-10,12-14,17H2,1H3/t18-,20?,21?,24?/m0/s1. The Morgan fingerprint density at radius 3 is 2.65 bits per heavy atom. The fourth-order valence-electron chi connectivity index (χ4n) is 7.55. The van der Waals surface area contributed by atoms with Gasteiger partial charge in [0.05, 0.1) is 22.3 Å². The van der Waals surface area contributed by atoms with Gasteiger partial charge in [0.15, 0.2) is 0 Å². The Kier molecular flexibility index (Phi) is 6.91. The maximum atomic E-state index is 14.2. The highest BCUT2D eigenvalue weighted by atomic mass is 32.2. The second-order valence-electron chi connectivity index (χ2n) is 11.9. The highest BCUT2D eigenvalue weighted by Gasteiger charge is 2.52. The third-order valence-corrected chi connectivity index (χ3v) is 10.7. The van der Waals surface area contributed by atoms with Crippen molar-refractivity contribution in [3.63, 3.8) is 0 Å². The first-order valence-corrected chi connectivity index (χ1v) is 15.0. The van der Waals surface area contributed by atoms with Crippen molar-refractivity contribution in [1.82, 2.24) is 24.7 Å². The van der Waals surface area contributed by atoms with Crippen molar-refractivity contribution in [3.05, 3.63) is 40.1 Å². The number of rotatable bonds is 5. The van der Waals surface area contributed by atoms with Crippen molar-refractivity contribution in [3.8, 4) is 0 Å². The summed E-state index contributed by atoms with van der Waals surface area (Å²) in [4.78, 5) is 15.8. The van der Waals surface area contributed by atoms with Gasteiger partial charge in [0, 0.05) is 31.5 Å². The minimum atomic E-state index is -4.52. The molecule has 0 spiro atoms. The van der Waals surface area contributed by atoms with Crippen molar-refractivity contribution in [2.75, 3.05) is 19.0 Å². The normalized spacial score (nSPS) is 31.0.